The lowest BCUT2D eigenvalue weighted by Gasteiger charge is -2.22. The lowest BCUT2D eigenvalue weighted by atomic mass is 9.95. The number of carbonyl (C=O) groups excluding carboxylic acids is 1. The summed E-state index contributed by atoms with van der Waals surface area (Å²) in [5.74, 6) is 1.78. The maximum atomic E-state index is 12.5. The number of para-hydroxylation sites is 1. The zero-order valence-corrected chi connectivity index (χ0v) is 20.1. The van der Waals surface area contributed by atoms with Crippen LogP contribution in [0, 0.1) is 13.8 Å². The minimum absolute atomic E-state index is 0.0593. The molecule has 9 heteroatoms. The summed E-state index contributed by atoms with van der Waals surface area (Å²) >= 11 is 2.96. The summed E-state index contributed by atoms with van der Waals surface area (Å²) in [4.78, 5) is 21.5. The van der Waals surface area contributed by atoms with Crippen molar-refractivity contribution in [3.8, 4) is 5.69 Å². The Morgan fingerprint density at radius 2 is 1.75 bits per heavy atom. The Bertz CT molecular complexity index is 1030. The van der Waals surface area contributed by atoms with E-state index in [1.165, 1.54) is 42.8 Å². The molecule has 0 atom stereocenters. The Morgan fingerprint density at radius 3 is 2.47 bits per heavy atom. The molecule has 2 heterocycles. The van der Waals surface area contributed by atoms with Crippen LogP contribution < -0.4 is 5.32 Å². The fraction of sp³-hybridized carbons (Fsp3) is 0.435. The van der Waals surface area contributed by atoms with Gasteiger partial charge in [-0.2, -0.15) is 0 Å². The third-order valence-electron chi connectivity index (χ3n) is 5.31. The Kier molecular flexibility index (Phi) is 7.81. The van der Waals surface area contributed by atoms with Gasteiger partial charge in [0.2, 0.25) is 5.91 Å². The van der Waals surface area contributed by atoms with Gasteiger partial charge in [-0.25, -0.2) is 9.97 Å². The predicted octanol–water partition coefficient (Wildman–Crippen LogP) is 4.51. The SMILES string of the molecule is Cc1cc(C)nc(SCc2nnc(SCC(=O)NC3CCCCC3)n2-c2ccccc2)n1. The molecule has 0 saturated heterocycles. The van der Waals surface area contributed by atoms with Crippen LogP contribution in [0.15, 0.2) is 46.7 Å². The topological polar surface area (TPSA) is 85.6 Å². The van der Waals surface area contributed by atoms with Gasteiger partial charge in [-0.05, 0) is 44.9 Å². The van der Waals surface area contributed by atoms with E-state index >= 15 is 0 Å². The van der Waals surface area contributed by atoms with E-state index in [9.17, 15) is 4.79 Å². The number of amides is 1. The summed E-state index contributed by atoms with van der Waals surface area (Å²) < 4.78 is 2.02. The van der Waals surface area contributed by atoms with E-state index in [0.717, 1.165) is 40.9 Å². The van der Waals surface area contributed by atoms with Crippen molar-refractivity contribution < 1.29 is 4.79 Å². The van der Waals surface area contributed by atoms with E-state index in [-0.39, 0.29) is 5.91 Å². The molecular formula is C23H28N6OS2. The molecule has 0 bridgehead atoms. The monoisotopic (exact) mass is 468 g/mol. The minimum atomic E-state index is 0.0593. The van der Waals surface area contributed by atoms with Crippen molar-refractivity contribution in [2.45, 2.75) is 68.1 Å². The molecule has 1 amide bonds. The number of thioether (sulfide) groups is 2. The van der Waals surface area contributed by atoms with Gasteiger partial charge < -0.3 is 5.32 Å². The molecule has 1 N–H and O–H groups in total. The van der Waals surface area contributed by atoms with Crippen molar-refractivity contribution in [2.24, 2.45) is 0 Å². The highest BCUT2D eigenvalue weighted by molar-refractivity contribution is 7.99. The number of hydrogen-bond donors (Lipinski definition) is 1. The van der Waals surface area contributed by atoms with Crippen LogP contribution in [0.1, 0.15) is 49.3 Å². The zero-order chi connectivity index (χ0) is 22.3. The average molecular weight is 469 g/mol. The first-order chi connectivity index (χ1) is 15.6. The van der Waals surface area contributed by atoms with Gasteiger partial charge in [-0.15, -0.1) is 10.2 Å². The van der Waals surface area contributed by atoms with E-state index in [1.54, 1.807) is 0 Å². The third kappa shape index (κ3) is 6.10. The van der Waals surface area contributed by atoms with Crippen molar-refractivity contribution >= 4 is 29.4 Å². The van der Waals surface area contributed by atoms with Gasteiger partial charge in [-0.1, -0.05) is 61.0 Å². The lowest BCUT2D eigenvalue weighted by Crippen LogP contribution is -2.37. The van der Waals surface area contributed by atoms with Gasteiger partial charge in [0, 0.05) is 23.1 Å². The largest absolute Gasteiger partial charge is 0.353 e. The van der Waals surface area contributed by atoms with Crippen LogP contribution >= 0.6 is 23.5 Å². The second-order valence-electron chi connectivity index (χ2n) is 7.98. The Morgan fingerprint density at radius 1 is 1.03 bits per heavy atom. The molecule has 7 nitrogen and oxygen atoms in total. The van der Waals surface area contributed by atoms with Crippen molar-refractivity contribution in [3.63, 3.8) is 0 Å². The number of aromatic nitrogens is 5. The first-order valence-corrected chi connectivity index (χ1v) is 12.9. The molecule has 1 aliphatic rings. The zero-order valence-electron chi connectivity index (χ0n) is 18.5. The molecule has 0 spiro atoms. The first-order valence-electron chi connectivity index (χ1n) is 11.0. The number of benzene rings is 1. The van der Waals surface area contributed by atoms with Crippen molar-refractivity contribution in [1.82, 2.24) is 30.0 Å². The van der Waals surface area contributed by atoms with Crippen LogP contribution in [-0.2, 0) is 10.5 Å². The number of aryl methyl sites for hydroxylation is 2. The second-order valence-corrected chi connectivity index (χ2v) is 9.87. The van der Waals surface area contributed by atoms with Gasteiger partial charge in [0.15, 0.2) is 10.3 Å². The Labute approximate surface area is 197 Å². The van der Waals surface area contributed by atoms with Crippen molar-refractivity contribution in [3.05, 3.63) is 53.6 Å². The third-order valence-corrected chi connectivity index (χ3v) is 7.08. The molecule has 32 heavy (non-hydrogen) atoms. The summed E-state index contributed by atoms with van der Waals surface area (Å²) in [7, 11) is 0. The number of hydrogen-bond acceptors (Lipinski definition) is 7. The van der Waals surface area contributed by atoms with E-state index < -0.39 is 0 Å². The fourth-order valence-electron chi connectivity index (χ4n) is 3.86. The molecule has 2 aromatic heterocycles. The molecule has 3 aromatic rings. The molecule has 168 valence electrons. The van der Waals surface area contributed by atoms with Gasteiger partial charge in [-0.3, -0.25) is 9.36 Å². The van der Waals surface area contributed by atoms with Gasteiger partial charge in [0.05, 0.1) is 11.5 Å². The fourth-order valence-corrected chi connectivity index (χ4v) is 5.50. The number of nitrogens with zero attached hydrogens (tertiary/aromatic N) is 5. The molecule has 1 saturated carbocycles. The summed E-state index contributed by atoms with van der Waals surface area (Å²) in [5.41, 5.74) is 2.87. The summed E-state index contributed by atoms with van der Waals surface area (Å²) in [6.45, 7) is 3.94. The number of rotatable bonds is 8. The van der Waals surface area contributed by atoms with Crippen molar-refractivity contribution in [1.29, 1.82) is 0 Å². The van der Waals surface area contributed by atoms with Crippen LogP contribution in [0.2, 0.25) is 0 Å². The summed E-state index contributed by atoms with van der Waals surface area (Å²) in [6, 6.07) is 12.3. The highest BCUT2D eigenvalue weighted by atomic mass is 32.2. The van der Waals surface area contributed by atoms with Crippen LogP contribution in [0.25, 0.3) is 5.69 Å². The van der Waals surface area contributed by atoms with Gasteiger partial charge in [0.25, 0.3) is 0 Å². The Hall–Kier alpha value is -2.39. The molecular weight excluding hydrogens is 440 g/mol. The van der Waals surface area contributed by atoms with Crippen LogP contribution in [-0.4, -0.2) is 42.4 Å². The predicted molar refractivity (Wildman–Crippen MR) is 128 cm³/mol. The van der Waals surface area contributed by atoms with E-state index in [1.807, 2.05) is 54.8 Å². The van der Waals surface area contributed by atoms with Crippen LogP contribution in [0.5, 0.6) is 0 Å². The average Bonchev–Trinajstić information content (AvgIpc) is 3.20. The lowest BCUT2D eigenvalue weighted by molar-refractivity contribution is -0.119. The normalized spacial score (nSPS) is 14.4. The van der Waals surface area contributed by atoms with Gasteiger partial charge in [0.1, 0.15) is 5.82 Å². The highest BCUT2D eigenvalue weighted by Gasteiger charge is 2.19. The van der Waals surface area contributed by atoms with E-state index in [0.29, 0.717) is 22.7 Å². The van der Waals surface area contributed by atoms with Crippen LogP contribution in [0.4, 0.5) is 0 Å². The molecule has 1 aromatic carbocycles. The van der Waals surface area contributed by atoms with Crippen molar-refractivity contribution in [2.75, 3.05) is 5.75 Å². The first kappa shape index (κ1) is 22.8. The summed E-state index contributed by atoms with van der Waals surface area (Å²) in [5, 5.41) is 13.4. The molecule has 0 radical (unpaired) electrons. The Balaban J connectivity index is 1.47. The highest BCUT2D eigenvalue weighted by Crippen LogP contribution is 2.26. The standard InChI is InChI=1S/C23H28N6OS2/c1-16-13-17(2)25-22(24-16)31-14-20-27-28-23(29(20)19-11-7-4-8-12-19)32-15-21(30)26-18-9-5-3-6-10-18/h4,7-8,11-13,18H,3,5-6,9-10,14-15H2,1-2H3,(H,26,30). The maximum absolute atomic E-state index is 12.5. The minimum Gasteiger partial charge on any atom is -0.353 e. The molecule has 0 aliphatic heterocycles. The van der Waals surface area contributed by atoms with E-state index in [2.05, 4.69) is 25.5 Å². The molecule has 1 fully saturated rings. The quantitative estimate of drug-likeness (QED) is 0.385. The second kappa shape index (κ2) is 11.0. The van der Waals surface area contributed by atoms with Gasteiger partial charge >= 0.3 is 0 Å². The molecule has 4 rings (SSSR count). The van der Waals surface area contributed by atoms with Crippen LogP contribution in [0.3, 0.4) is 0 Å². The molecule has 1 aliphatic carbocycles. The number of carbonyl (C=O) groups is 1. The van der Waals surface area contributed by atoms with E-state index in [4.69, 9.17) is 0 Å². The number of nitrogens with one attached hydrogen (secondary N) is 1. The summed E-state index contributed by atoms with van der Waals surface area (Å²) in [6.07, 6.45) is 5.84. The molecule has 0 unspecified atom stereocenters. The maximum Gasteiger partial charge on any atom is 0.230 e. The smallest absolute Gasteiger partial charge is 0.230 e.